The summed E-state index contributed by atoms with van der Waals surface area (Å²) in [4.78, 5) is 0.267. The van der Waals surface area contributed by atoms with E-state index in [2.05, 4.69) is 20.7 Å². The molecule has 0 amide bonds. The molecule has 1 aromatic rings. The van der Waals surface area contributed by atoms with Gasteiger partial charge >= 0.3 is 0 Å². The minimum absolute atomic E-state index is 0.267. The first kappa shape index (κ1) is 16.9. The van der Waals surface area contributed by atoms with Crippen molar-refractivity contribution < 1.29 is 13.2 Å². The Morgan fingerprint density at radius 2 is 2.10 bits per heavy atom. The van der Waals surface area contributed by atoms with Crippen molar-refractivity contribution >= 4 is 26.0 Å². The summed E-state index contributed by atoms with van der Waals surface area (Å²) in [5.74, 6) is 0. The number of methoxy groups -OCH3 is 1. The van der Waals surface area contributed by atoms with Crippen LogP contribution in [0.1, 0.15) is 30.4 Å². The maximum atomic E-state index is 12.5. The molecule has 1 aliphatic rings. The van der Waals surface area contributed by atoms with Crippen LogP contribution in [0.3, 0.4) is 0 Å². The van der Waals surface area contributed by atoms with Crippen molar-refractivity contribution in [2.24, 2.45) is 5.73 Å². The summed E-state index contributed by atoms with van der Waals surface area (Å²) in [5, 5.41) is 0. The molecule has 0 aliphatic heterocycles. The summed E-state index contributed by atoms with van der Waals surface area (Å²) >= 11 is 3.39. The van der Waals surface area contributed by atoms with E-state index >= 15 is 0 Å². The molecule has 0 atom stereocenters. The van der Waals surface area contributed by atoms with Gasteiger partial charge in [-0.1, -0.05) is 15.9 Å². The monoisotopic (exact) mass is 376 g/mol. The lowest BCUT2D eigenvalue weighted by molar-refractivity contribution is -0.0659. The Morgan fingerprint density at radius 3 is 2.57 bits per heavy atom. The van der Waals surface area contributed by atoms with Gasteiger partial charge in [-0.3, -0.25) is 0 Å². The van der Waals surface area contributed by atoms with Crippen molar-refractivity contribution in [3.63, 3.8) is 0 Å². The lowest BCUT2D eigenvalue weighted by Crippen LogP contribution is -2.49. The standard InChI is InChI=1S/C14H21BrN2O3S/c1-10-12(15)6-11(8-16)7-13(10)21(18,19)17-9-14(20-2)4-3-5-14/h6-7,17H,3-5,8-9,16H2,1-2H3. The fourth-order valence-electron chi connectivity index (χ4n) is 2.43. The van der Waals surface area contributed by atoms with E-state index in [1.807, 2.05) is 6.07 Å². The largest absolute Gasteiger partial charge is 0.377 e. The number of rotatable bonds is 6. The number of halogens is 1. The predicted molar refractivity (Wildman–Crippen MR) is 85.5 cm³/mol. The molecule has 0 heterocycles. The molecule has 0 bridgehead atoms. The zero-order valence-corrected chi connectivity index (χ0v) is 14.7. The second-order valence-electron chi connectivity index (χ2n) is 5.47. The van der Waals surface area contributed by atoms with Gasteiger partial charge < -0.3 is 10.5 Å². The first-order valence-corrected chi connectivity index (χ1v) is 9.15. The molecule has 5 nitrogen and oxygen atoms in total. The van der Waals surface area contributed by atoms with Crippen LogP contribution in [0, 0.1) is 6.92 Å². The summed E-state index contributed by atoms with van der Waals surface area (Å²) < 4.78 is 34.0. The highest BCUT2D eigenvalue weighted by Crippen LogP contribution is 2.35. The molecule has 0 saturated heterocycles. The van der Waals surface area contributed by atoms with Gasteiger partial charge in [0.15, 0.2) is 0 Å². The average Bonchev–Trinajstić information content (AvgIpc) is 2.40. The number of benzene rings is 1. The van der Waals surface area contributed by atoms with Crippen LogP contribution in [0.15, 0.2) is 21.5 Å². The third kappa shape index (κ3) is 3.48. The van der Waals surface area contributed by atoms with Gasteiger partial charge in [0.1, 0.15) is 0 Å². The number of ether oxygens (including phenoxy) is 1. The third-order valence-corrected chi connectivity index (χ3v) is 6.51. The Bertz CT molecular complexity index is 622. The number of nitrogens with two attached hydrogens (primary N) is 1. The lowest BCUT2D eigenvalue weighted by Gasteiger charge is -2.40. The topological polar surface area (TPSA) is 81.4 Å². The predicted octanol–water partition coefficient (Wildman–Crippen LogP) is 2.06. The number of hydrogen-bond donors (Lipinski definition) is 2. The minimum atomic E-state index is -3.58. The van der Waals surface area contributed by atoms with Crippen molar-refractivity contribution in [2.45, 2.75) is 43.2 Å². The molecule has 3 N–H and O–H groups in total. The van der Waals surface area contributed by atoms with Gasteiger partial charge in [-0.05, 0) is 49.4 Å². The highest BCUT2D eigenvalue weighted by molar-refractivity contribution is 9.10. The molecule has 0 spiro atoms. The molecule has 7 heteroatoms. The fraction of sp³-hybridized carbons (Fsp3) is 0.571. The zero-order valence-electron chi connectivity index (χ0n) is 12.3. The van der Waals surface area contributed by atoms with Crippen molar-refractivity contribution in [1.29, 1.82) is 0 Å². The van der Waals surface area contributed by atoms with Gasteiger partial charge in [-0.2, -0.15) is 0 Å². The summed E-state index contributed by atoms with van der Waals surface area (Å²) in [7, 11) is -1.95. The second-order valence-corrected chi connectivity index (χ2v) is 8.06. The van der Waals surface area contributed by atoms with Gasteiger partial charge in [-0.15, -0.1) is 0 Å². The van der Waals surface area contributed by atoms with E-state index < -0.39 is 10.0 Å². The second kappa shape index (κ2) is 6.34. The van der Waals surface area contributed by atoms with E-state index in [1.165, 1.54) is 0 Å². The highest BCUT2D eigenvalue weighted by atomic mass is 79.9. The number of hydrogen-bond acceptors (Lipinski definition) is 4. The summed E-state index contributed by atoms with van der Waals surface area (Å²) in [6.45, 7) is 2.37. The van der Waals surface area contributed by atoms with Gasteiger partial charge in [0, 0.05) is 24.7 Å². The molecule has 1 aromatic carbocycles. The van der Waals surface area contributed by atoms with Crippen molar-refractivity contribution in [3.8, 4) is 0 Å². The van der Waals surface area contributed by atoms with E-state index in [4.69, 9.17) is 10.5 Å². The first-order chi connectivity index (χ1) is 9.83. The van der Waals surface area contributed by atoms with E-state index in [1.54, 1.807) is 20.1 Å². The van der Waals surface area contributed by atoms with Crippen molar-refractivity contribution in [3.05, 3.63) is 27.7 Å². The third-order valence-electron chi connectivity index (χ3n) is 4.16. The summed E-state index contributed by atoms with van der Waals surface area (Å²) in [6.07, 6.45) is 2.85. The quantitative estimate of drug-likeness (QED) is 0.795. The van der Waals surface area contributed by atoms with Gasteiger partial charge in [-0.25, -0.2) is 13.1 Å². The molecule has 1 aliphatic carbocycles. The smallest absolute Gasteiger partial charge is 0.240 e. The molecule has 0 aromatic heterocycles. The molecule has 2 rings (SSSR count). The van der Waals surface area contributed by atoms with Crippen molar-refractivity contribution in [1.82, 2.24) is 4.72 Å². The van der Waals surface area contributed by atoms with E-state index in [0.717, 1.165) is 29.3 Å². The van der Waals surface area contributed by atoms with E-state index in [9.17, 15) is 8.42 Å². The van der Waals surface area contributed by atoms with E-state index in [-0.39, 0.29) is 10.5 Å². The Labute approximate surface area is 134 Å². The van der Waals surface area contributed by atoms with Crippen LogP contribution in [0.2, 0.25) is 0 Å². The Kier molecular flexibility index (Phi) is 5.10. The Hall–Kier alpha value is -0.470. The van der Waals surface area contributed by atoms with Crippen LogP contribution in [0.4, 0.5) is 0 Å². The maximum absolute atomic E-state index is 12.5. The molecule has 118 valence electrons. The van der Waals surface area contributed by atoms with Gasteiger partial charge in [0.05, 0.1) is 10.5 Å². The van der Waals surface area contributed by atoms with E-state index in [0.29, 0.717) is 18.7 Å². The number of sulfonamides is 1. The van der Waals surface area contributed by atoms with Crippen LogP contribution < -0.4 is 10.5 Å². The summed E-state index contributed by atoms with van der Waals surface area (Å²) in [6, 6.07) is 3.47. The highest BCUT2D eigenvalue weighted by Gasteiger charge is 2.38. The van der Waals surface area contributed by atoms with Gasteiger partial charge in [0.2, 0.25) is 10.0 Å². The SMILES string of the molecule is COC1(CNS(=O)(=O)c2cc(CN)cc(Br)c2C)CCC1. The zero-order chi connectivity index (χ0) is 15.7. The molecule has 0 unspecified atom stereocenters. The van der Waals surface area contributed by atoms with Gasteiger partial charge in [0.25, 0.3) is 0 Å². The molecular formula is C14H21BrN2O3S. The normalized spacial score (nSPS) is 17.5. The van der Waals surface area contributed by atoms with Crippen molar-refractivity contribution in [2.75, 3.05) is 13.7 Å². The van der Waals surface area contributed by atoms with Crippen LogP contribution >= 0.6 is 15.9 Å². The lowest BCUT2D eigenvalue weighted by atomic mass is 9.80. The van der Waals surface area contributed by atoms with Crippen LogP contribution in [-0.4, -0.2) is 27.7 Å². The number of nitrogens with one attached hydrogen (secondary N) is 1. The van der Waals surface area contributed by atoms with Crippen LogP contribution in [0.5, 0.6) is 0 Å². The first-order valence-electron chi connectivity index (χ1n) is 6.87. The fourth-order valence-corrected chi connectivity index (χ4v) is 4.50. The Balaban J connectivity index is 2.25. The molecule has 1 saturated carbocycles. The molecular weight excluding hydrogens is 356 g/mol. The molecule has 21 heavy (non-hydrogen) atoms. The summed E-state index contributed by atoms with van der Waals surface area (Å²) in [5.41, 5.74) is 6.73. The van der Waals surface area contributed by atoms with Crippen LogP contribution in [-0.2, 0) is 21.3 Å². The average molecular weight is 377 g/mol. The molecule has 0 radical (unpaired) electrons. The molecule has 1 fully saturated rings. The Morgan fingerprint density at radius 1 is 1.43 bits per heavy atom. The van der Waals surface area contributed by atoms with Crippen LogP contribution in [0.25, 0.3) is 0 Å². The minimum Gasteiger partial charge on any atom is -0.377 e. The maximum Gasteiger partial charge on any atom is 0.240 e.